The van der Waals surface area contributed by atoms with Crippen LogP contribution < -0.4 is 5.32 Å². The molecule has 1 aromatic rings. The largest absolute Gasteiger partial charge is 0.318 e. The molecule has 1 aromatic heterocycles. The summed E-state index contributed by atoms with van der Waals surface area (Å²) in [4.78, 5) is 2.62. The third-order valence-corrected chi connectivity index (χ3v) is 4.21. The SMILES string of the molecule is CNCC1CCCCN1Cc1c(C)nn(C)c1C. The summed E-state index contributed by atoms with van der Waals surface area (Å²) in [7, 11) is 4.08. The van der Waals surface area contributed by atoms with E-state index in [-0.39, 0.29) is 0 Å². The molecule has 18 heavy (non-hydrogen) atoms. The number of piperidine rings is 1. The number of hydrogen-bond donors (Lipinski definition) is 1. The molecule has 1 aliphatic heterocycles. The summed E-state index contributed by atoms with van der Waals surface area (Å²) in [5.41, 5.74) is 3.91. The molecule has 2 rings (SSSR count). The number of aromatic nitrogens is 2. The van der Waals surface area contributed by atoms with Crippen LogP contribution in [0.15, 0.2) is 0 Å². The number of rotatable bonds is 4. The average Bonchev–Trinajstić information content (AvgIpc) is 2.59. The van der Waals surface area contributed by atoms with Crippen LogP contribution in [0.2, 0.25) is 0 Å². The summed E-state index contributed by atoms with van der Waals surface area (Å²) >= 11 is 0. The van der Waals surface area contributed by atoms with E-state index in [1.807, 2.05) is 18.8 Å². The van der Waals surface area contributed by atoms with E-state index in [0.29, 0.717) is 6.04 Å². The van der Waals surface area contributed by atoms with Crippen LogP contribution >= 0.6 is 0 Å². The normalized spacial score (nSPS) is 21.4. The molecule has 4 heteroatoms. The van der Waals surface area contributed by atoms with Crippen molar-refractivity contribution in [2.24, 2.45) is 7.05 Å². The van der Waals surface area contributed by atoms with Gasteiger partial charge in [-0.2, -0.15) is 5.10 Å². The highest BCUT2D eigenvalue weighted by Gasteiger charge is 2.23. The highest BCUT2D eigenvalue weighted by molar-refractivity contribution is 5.24. The molecule has 0 spiro atoms. The predicted molar refractivity (Wildman–Crippen MR) is 74.7 cm³/mol. The van der Waals surface area contributed by atoms with Gasteiger partial charge in [0.25, 0.3) is 0 Å². The summed E-state index contributed by atoms with van der Waals surface area (Å²) in [6.45, 7) is 7.67. The van der Waals surface area contributed by atoms with E-state index in [2.05, 4.69) is 29.2 Å². The molecule has 1 saturated heterocycles. The zero-order valence-corrected chi connectivity index (χ0v) is 12.2. The Bertz CT molecular complexity index is 395. The molecular formula is C14H26N4. The van der Waals surface area contributed by atoms with Gasteiger partial charge in [0.1, 0.15) is 0 Å². The van der Waals surface area contributed by atoms with Crippen molar-refractivity contribution in [3.05, 3.63) is 17.0 Å². The molecule has 1 fully saturated rings. The summed E-state index contributed by atoms with van der Waals surface area (Å²) < 4.78 is 2.00. The first-order valence-electron chi connectivity index (χ1n) is 7.01. The first kappa shape index (κ1) is 13.6. The van der Waals surface area contributed by atoms with E-state index in [1.54, 1.807) is 0 Å². The van der Waals surface area contributed by atoms with Crippen LogP contribution in [-0.2, 0) is 13.6 Å². The lowest BCUT2D eigenvalue weighted by molar-refractivity contribution is 0.139. The lowest BCUT2D eigenvalue weighted by Gasteiger charge is -2.35. The molecule has 0 aliphatic carbocycles. The van der Waals surface area contributed by atoms with Crippen molar-refractivity contribution in [1.82, 2.24) is 20.0 Å². The minimum Gasteiger partial charge on any atom is -0.318 e. The van der Waals surface area contributed by atoms with E-state index in [9.17, 15) is 0 Å². The standard InChI is InChI=1S/C14H26N4/c1-11-14(12(2)17(4)16-11)10-18-8-6-5-7-13(18)9-15-3/h13,15H,5-10H2,1-4H3. The molecule has 4 nitrogen and oxygen atoms in total. The molecular weight excluding hydrogens is 224 g/mol. The van der Waals surface area contributed by atoms with E-state index >= 15 is 0 Å². The maximum atomic E-state index is 4.52. The van der Waals surface area contributed by atoms with Crippen molar-refractivity contribution in [3.63, 3.8) is 0 Å². The van der Waals surface area contributed by atoms with Gasteiger partial charge in [-0.1, -0.05) is 6.42 Å². The molecule has 2 heterocycles. The highest BCUT2D eigenvalue weighted by Crippen LogP contribution is 2.22. The maximum Gasteiger partial charge on any atom is 0.0641 e. The Hall–Kier alpha value is -0.870. The second kappa shape index (κ2) is 5.85. The van der Waals surface area contributed by atoms with Crippen LogP contribution in [0.5, 0.6) is 0 Å². The Labute approximate surface area is 110 Å². The van der Waals surface area contributed by atoms with Gasteiger partial charge in [-0.25, -0.2) is 0 Å². The van der Waals surface area contributed by atoms with Gasteiger partial charge in [0, 0.05) is 37.4 Å². The van der Waals surface area contributed by atoms with E-state index in [4.69, 9.17) is 0 Å². The van der Waals surface area contributed by atoms with Crippen LogP contribution in [0.1, 0.15) is 36.2 Å². The first-order valence-corrected chi connectivity index (χ1v) is 7.01. The lowest BCUT2D eigenvalue weighted by Crippen LogP contribution is -2.44. The van der Waals surface area contributed by atoms with Crippen LogP contribution in [0.3, 0.4) is 0 Å². The Kier molecular flexibility index (Phi) is 4.40. The van der Waals surface area contributed by atoms with Crippen molar-refractivity contribution in [2.75, 3.05) is 20.1 Å². The topological polar surface area (TPSA) is 33.1 Å². The third kappa shape index (κ3) is 2.75. The van der Waals surface area contributed by atoms with E-state index in [0.717, 1.165) is 13.1 Å². The second-order valence-corrected chi connectivity index (χ2v) is 5.45. The highest BCUT2D eigenvalue weighted by atomic mass is 15.3. The molecule has 0 amide bonds. The molecule has 1 aliphatic rings. The number of nitrogens with one attached hydrogen (secondary N) is 1. The molecule has 0 bridgehead atoms. The summed E-state index contributed by atoms with van der Waals surface area (Å²) in [6, 6.07) is 0.683. The van der Waals surface area contributed by atoms with Crippen molar-refractivity contribution in [2.45, 2.75) is 45.7 Å². The molecule has 1 unspecified atom stereocenters. The molecule has 0 saturated carbocycles. The van der Waals surface area contributed by atoms with Crippen molar-refractivity contribution in [3.8, 4) is 0 Å². The van der Waals surface area contributed by atoms with Crippen LogP contribution in [-0.4, -0.2) is 40.9 Å². The number of nitrogens with zero attached hydrogens (tertiary/aromatic N) is 3. The fraction of sp³-hybridized carbons (Fsp3) is 0.786. The number of likely N-dealkylation sites (tertiary alicyclic amines) is 1. The van der Waals surface area contributed by atoms with Crippen molar-refractivity contribution >= 4 is 0 Å². The Morgan fingerprint density at radius 3 is 2.72 bits per heavy atom. The molecule has 0 aromatic carbocycles. The number of aryl methyl sites for hydroxylation is 2. The van der Waals surface area contributed by atoms with Crippen molar-refractivity contribution in [1.29, 1.82) is 0 Å². The van der Waals surface area contributed by atoms with Gasteiger partial charge in [-0.05, 0) is 40.3 Å². The van der Waals surface area contributed by atoms with Gasteiger partial charge in [0.05, 0.1) is 5.69 Å². The minimum absolute atomic E-state index is 0.683. The molecule has 0 radical (unpaired) electrons. The zero-order valence-electron chi connectivity index (χ0n) is 12.2. The van der Waals surface area contributed by atoms with Crippen LogP contribution in [0.25, 0.3) is 0 Å². The number of likely N-dealkylation sites (N-methyl/N-ethyl adjacent to an activating group) is 1. The zero-order chi connectivity index (χ0) is 13.1. The van der Waals surface area contributed by atoms with Gasteiger partial charge in [-0.15, -0.1) is 0 Å². The first-order chi connectivity index (χ1) is 8.63. The van der Waals surface area contributed by atoms with Gasteiger partial charge >= 0.3 is 0 Å². The van der Waals surface area contributed by atoms with Gasteiger partial charge < -0.3 is 5.32 Å². The molecule has 1 atom stereocenters. The smallest absolute Gasteiger partial charge is 0.0641 e. The minimum atomic E-state index is 0.683. The second-order valence-electron chi connectivity index (χ2n) is 5.45. The monoisotopic (exact) mass is 250 g/mol. The lowest BCUT2D eigenvalue weighted by atomic mass is 10.0. The Morgan fingerprint density at radius 2 is 2.11 bits per heavy atom. The van der Waals surface area contributed by atoms with Gasteiger partial charge in [0.2, 0.25) is 0 Å². The van der Waals surface area contributed by atoms with E-state index in [1.165, 1.54) is 42.8 Å². The fourth-order valence-electron chi connectivity index (χ4n) is 2.98. The predicted octanol–water partition coefficient (Wildman–Crippen LogP) is 1.61. The Morgan fingerprint density at radius 1 is 1.33 bits per heavy atom. The van der Waals surface area contributed by atoms with Crippen LogP contribution in [0, 0.1) is 13.8 Å². The van der Waals surface area contributed by atoms with Gasteiger partial charge in [-0.3, -0.25) is 9.58 Å². The van der Waals surface area contributed by atoms with E-state index < -0.39 is 0 Å². The van der Waals surface area contributed by atoms with Crippen molar-refractivity contribution < 1.29 is 0 Å². The van der Waals surface area contributed by atoms with Crippen LogP contribution in [0.4, 0.5) is 0 Å². The summed E-state index contributed by atoms with van der Waals surface area (Å²) in [6.07, 6.45) is 4.02. The fourth-order valence-corrected chi connectivity index (χ4v) is 2.98. The number of hydrogen-bond acceptors (Lipinski definition) is 3. The molecule has 102 valence electrons. The molecule has 1 N–H and O–H groups in total. The summed E-state index contributed by atoms with van der Waals surface area (Å²) in [5, 5.41) is 7.85. The quantitative estimate of drug-likeness (QED) is 0.881. The average molecular weight is 250 g/mol. The Balaban J connectivity index is 2.10. The third-order valence-electron chi connectivity index (χ3n) is 4.21. The van der Waals surface area contributed by atoms with Gasteiger partial charge in [0.15, 0.2) is 0 Å². The summed E-state index contributed by atoms with van der Waals surface area (Å²) in [5.74, 6) is 0. The maximum absolute atomic E-state index is 4.52.